The van der Waals surface area contributed by atoms with Crippen LogP contribution in [0.25, 0.3) is 17.1 Å². The maximum absolute atomic E-state index is 12.7. The molecule has 8 nitrogen and oxygen atoms in total. The summed E-state index contributed by atoms with van der Waals surface area (Å²) < 4.78 is 42.6. The average molecular weight is 637 g/mol. The molecule has 1 saturated heterocycles. The summed E-state index contributed by atoms with van der Waals surface area (Å²) in [6.07, 6.45) is 0.396. The van der Waals surface area contributed by atoms with Gasteiger partial charge in [-0.05, 0) is 87.4 Å². The number of carbonyl (C=O) groups is 1. The lowest BCUT2D eigenvalue weighted by atomic mass is 10.0. The van der Waals surface area contributed by atoms with Crippen molar-refractivity contribution >= 4 is 28.6 Å². The molecule has 236 valence electrons. The van der Waals surface area contributed by atoms with Crippen LogP contribution in [-0.4, -0.2) is 51.2 Å². The van der Waals surface area contributed by atoms with Gasteiger partial charge in [-0.15, -0.1) is 18.3 Å². The number of ether oxygens (including phenoxy) is 1. The summed E-state index contributed by atoms with van der Waals surface area (Å²) in [6, 6.07) is 17.4. The largest absolute Gasteiger partial charge is 0.573 e. The number of halogens is 3. The Morgan fingerprint density at radius 3 is 2.42 bits per heavy atom. The van der Waals surface area contributed by atoms with E-state index in [1.54, 1.807) is 11.8 Å². The Kier molecular flexibility index (Phi) is 10.1. The van der Waals surface area contributed by atoms with E-state index in [0.29, 0.717) is 18.1 Å². The van der Waals surface area contributed by atoms with Gasteiger partial charge in [-0.2, -0.15) is 4.99 Å². The van der Waals surface area contributed by atoms with Crippen LogP contribution in [0.3, 0.4) is 0 Å². The first-order chi connectivity index (χ1) is 21.6. The normalized spacial score (nSPS) is 14.5. The standard InChI is InChI=1S/C33H35F3N6O2S/c1-22-19-23(2)29(24(3)20-22)41-17-6-18-45-32(41)39-31(43)37-16-5-4-7-25-8-10-26(11-9-25)30-38-21-42(40-30)27-12-14-28(15-13-27)44-33(34,35)36/h8-15,19-21H,4-7,16-18H2,1-3H3,(H,37,43)/b39-32-. The number of rotatable bonds is 9. The maximum atomic E-state index is 12.7. The van der Waals surface area contributed by atoms with Crippen LogP contribution in [0.4, 0.5) is 23.7 Å². The number of amides is 2. The Labute approximate surface area is 264 Å². The number of alkyl halides is 3. The molecule has 0 bridgehead atoms. The smallest absolute Gasteiger partial charge is 0.406 e. The van der Waals surface area contributed by atoms with Crippen LogP contribution in [0, 0.1) is 20.8 Å². The first-order valence-electron chi connectivity index (χ1n) is 14.8. The number of carbonyl (C=O) groups excluding carboxylic acids is 1. The molecule has 12 heteroatoms. The fourth-order valence-corrected chi connectivity index (χ4v) is 6.32. The van der Waals surface area contributed by atoms with E-state index < -0.39 is 6.36 Å². The zero-order valence-corrected chi connectivity index (χ0v) is 26.2. The van der Waals surface area contributed by atoms with Gasteiger partial charge in [0.1, 0.15) is 12.1 Å². The van der Waals surface area contributed by atoms with Gasteiger partial charge >= 0.3 is 12.4 Å². The van der Waals surface area contributed by atoms with Crippen LogP contribution in [0.15, 0.2) is 72.0 Å². The van der Waals surface area contributed by atoms with Crippen LogP contribution in [0.1, 0.15) is 41.5 Å². The number of nitrogens with one attached hydrogen (secondary N) is 1. The number of hydrogen-bond acceptors (Lipinski definition) is 5. The molecule has 0 saturated carbocycles. The molecular weight excluding hydrogens is 601 g/mol. The molecule has 0 radical (unpaired) electrons. The van der Waals surface area contributed by atoms with Crippen molar-refractivity contribution in [2.24, 2.45) is 4.99 Å². The molecular formula is C33H35F3N6O2S. The number of unbranched alkanes of at least 4 members (excludes halogenated alkanes) is 1. The highest BCUT2D eigenvalue weighted by molar-refractivity contribution is 8.14. The fraction of sp³-hybridized carbons (Fsp3) is 0.333. The van der Waals surface area contributed by atoms with E-state index in [2.05, 4.69) is 62.9 Å². The SMILES string of the molecule is Cc1cc(C)c(N2CCCS/C2=N\C(=O)NCCCCc2ccc(-c3ncn(-c4ccc(OC(F)(F)F)cc4)n3)cc2)c(C)c1. The Hall–Kier alpha value is -4.32. The Morgan fingerprint density at radius 1 is 1.02 bits per heavy atom. The Bertz CT molecular complexity index is 1630. The summed E-state index contributed by atoms with van der Waals surface area (Å²) in [7, 11) is 0. The number of aryl methyl sites for hydroxylation is 4. The van der Waals surface area contributed by atoms with Gasteiger partial charge in [0.05, 0.1) is 5.69 Å². The monoisotopic (exact) mass is 636 g/mol. The molecule has 1 fully saturated rings. The van der Waals surface area contributed by atoms with Gasteiger partial charge in [0.2, 0.25) is 0 Å². The number of aromatic nitrogens is 3. The molecule has 1 aromatic heterocycles. The first kappa shape index (κ1) is 32.1. The van der Waals surface area contributed by atoms with Gasteiger partial charge in [-0.3, -0.25) is 0 Å². The van der Waals surface area contributed by atoms with Crippen molar-refractivity contribution in [1.29, 1.82) is 0 Å². The predicted molar refractivity (Wildman–Crippen MR) is 172 cm³/mol. The number of urea groups is 1. The van der Waals surface area contributed by atoms with E-state index >= 15 is 0 Å². The summed E-state index contributed by atoms with van der Waals surface area (Å²) >= 11 is 1.62. The number of benzene rings is 3. The van der Waals surface area contributed by atoms with E-state index in [0.717, 1.165) is 60.0 Å². The molecule has 1 aliphatic heterocycles. The van der Waals surface area contributed by atoms with Gasteiger partial charge in [0.15, 0.2) is 11.0 Å². The van der Waals surface area contributed by atoms with Crippen LogP contribution >= 0.6 is 11.8 Å². The number of thioether (sulfide) groups is 1. The molecule has 1 aliphatic rings. The van der Waals surface area contributed by atoms with Crippen LogP contribution in [0.5, 0.6) is 5.75 Å². The zero-order valence-electron chi connectivity index (χ0n) is 25.4. The maximum Gasteiger partial charge on any atom is 0.573 e. The molecule has 0 spiro atoms. The molecule has 0 unspecified atom stereocenters. The fourth-order valence-electron chi connectivity index (χ4n) is 5.37. The number of hydrogen-bond donors (Lipinski definition) is 1. The summed E-state index contributed by atoms with van der Waals surface area (Å²) in [5.41, 5.74) is 7.29. The molecule has 3 aromatic carbocycles. The predicted octanol–water partition coefficient (Wildman–Crippen LogP) is 7.79. The van der Waals surface area contributed by atoms with E-state index in [-0.39, 0.29) is 11.8 Å². The van der Waals surface area contributed by atoms with E-state index in [1.165, 1.54) is 52.0 Å². The molecule has 0 aliphatic carbocycles. The molecule has 45 heavy (non-hydrogen) atoms. The third kappa shape index (κ3) is 8.65. The minimum absolute atomic E-state index is 0.299. The third-order valence-corrected chi connectivity index (χ3v) is 8.36. The second kappa shape index (κ2) is 14.2. The molecule has 1 N–H and O–H groups in total. The van der Waals surface area contributed by atoms with Gasteiger partial charge in [-0.25, -0.2) is 14.5 Å². The summed E-state index contributed by atoms with van der Waals surface area (Å²) in [5, 5.41) is 8.15. The highest BCUT2D eigenvalue weighted by atomic mass is 32.2. The number of anilines is 1. The van der Waals surface area contributed by atoms with Gasteiger partial charge < -0.3 is 15.0 Å². The molecule has 2 amide bonds. The summed E-state index contributed by atoms with van der Waals surface area (Å²) in [6.45, 7) is 7.70. The van der Waals surface area contributed by atoms with Crippen molar-refractivity contribution in [1.82, 2.24) is 20.1 Å². The van der Waals surface area contributed by atoms with Gasteiger partial charge in [0.25, 0.3) is 0 Å². The minimum Gasteiger partial charge on any atom is -0.406 e. The topological polar surface area (TPSA) is 84.6 Å². The second-order valence-electron chi connectivity index (χ2n) is 10.9. The molecule has 0 atom stereocenters. The van der Waals surface area contributed by atoms with Crippen LogP contribution < -0.4 is 15.0 Å². The van der Waals surface area contributed by atoms with Crippen molar-refractivity contribution < 1.29 is 22.7 Å². The van der Waals surface area contributed by atoms with Gasteiger partial charge in [0, 0.05) is 30.1 Å². The van der Waals surface area contributed by atoms with Crippen molar-refractivity contribution in [2.75, 3.05) is 23.7 Å². The van der Waals surface area contributed by atoms with Gasteiger partial charge in [-0.1, -0.05) is 53.7 Å². The highest BCUT2D eigenvalue weighted by Gasteiger charge is 2.31. The molecule has 2 heterocycles. The van der Waals surface area contributed by atoms with E-state index in [9.17, 15) is 18.0 Å². The van der Waals surface area contributed by atoms with Crippen LogP contribution in [0.2, 0.25) is 0 Å². The minimum atomic E-state index is -4.74. The number of nitrogens with zero attached hydrogens (tertiary/aromatic N) is 5. The molecule has 4 aromatic rings. The van der Waals surface area contributed by atoms with E-state index in [1.807, 2.05) is 24.3 Å². The van der Waals surface area contributed by atoms with E-state index in [4.69, 9.17) is 0 Å². The third-order valence-electron chi connectivity index (χ3n) is 7.30. The first-order valence-corrected chi connectivity index (χ1v) is 15.8. The lowest BCUT2D eigenvalue weighted by Gasteiger charge is -2.32. The second-order valence-corrected chi connectivity index (χ2v) is 12.0. The van der Waals surface area contributed by atoms with Crippen LogP contribution in [-0.2, 0) is 6.42 Å². The van der Waals surface area contributed by atoms with Crippen molar-refractivity contribution in [3.8, 4) is 22.8 Å². The van der Waals surface area contributed by atoms with Crippen molar-refractivity contribution in [3.63, 3.8) is 0 Å². The average Bonchev–Trinajstić information content (AvgIpc) is 3.48. The lowest BCUT2D eigenvalue weighted by Crippen LogP contribution is -2.36. The highest BCUT2D eigenvalue weighted by Crippen LogP contribution is 2.32. The zero-order chi connectivity index (χ0) is 32.0. The number of aliphatic imine (C=N–C) groups is 1. The van der Waals surface area contributed by atoms with Crippen molar-refractivity contribution in [2.45, 2.75) is 52.8 Å². The molecule has 5 rings (SSSR count). The quantitative estimate of drug-likeness (QED) is 0.189. The Morgan fingerprint density at radius 2 is 1.73 bits per heavy atom. The lowest BCUT2D eigenvalue weighted by molar-refractivity contribution is -0.274. The summed E-state index contributed by atoms with van der Waals surface area (Å²) in [4.78, 5) is 23.6. The van der Waals surface area contributed by atoms with Crippen molar-refractivity contribution in [3.05, 3.63) is 89.2 Å². The number of amidine groups is 1. The summed E-state index contributed by atoms with van der Waals surface area (Å²) in [5.74, 6) is 1.15. The Balaban J connectivity index is 1.08.